The van der Waals surface area contributed by atoms with Crippen LogP contribution in [0.25, 0.3) is 11.1 Å². The predicted octanol–water partition coefficient (Wildman–Crippen LogP) is 3.74. The molecule has 0 saturated heterocycles. The van der Waals surface area contributed by atoms with Gasteiger partial charge in [0.1, 0.15) is 23.3 Å². The molecule has 0 spiro atoms. The molecule has 2 N–H and O–H groups in total. The number of esters is 1. The van der Waals surface area contributed by atoms with Gasteiger partial charge in [-0.25, -0.2) is 13.6 Å². The number of halogens is 2. The number of aryl methyl sites for hydroxylation is 1. The summed E-state index contributed by atoms with van der Waals surface area (Å²) < 4.78 is 33.6. The number of carbonyl (C=O) groups is 3. The van der Waals surface area contributed by atoms with E-state index >= 15 is 0 Å². The molecule has 0 radical (unpaired) electrons. The van der Waals surface area contributed by atoms with E-state index < -0.39 is 47.0 Å². The minimum Gasteiger partial charge on any atom is -1.00 e. The molecule has 0 saturated carbocycles. The minimum atomic E-state index is -1.11. The molecule has 3 aromatic rings. The quantitative estimate of drug-likeness (QED) is 0.242. The summed E-state index contributed by atoms with van der Waals surface area (Å²) in [6.07, 6.45) is 2.36. The first-order chi connectivity index (χ1) is 19.8. The fraction of sp³-hybridized carbons (Fsp3) is 0.364. The van der Waals surface area contributed by atoms with Crippen molar-refractivity contribution in [2.45, 2.75) is 58.6 Å². The second-order valence-corrected chi connectivity index (χ2v) is 12.2. The van der Waals surface area contributed by atoms with Gasteiger partial charge in [-0.1, -0.05) is 36.4 Å². The van der Waals surface area contributed by atoms with E-state index in [1.165, 1.54) is 23.9 Å². The van der Waals surface area contributed by atoms with Crippen LogP contribution in [0.4, 0.5) is 8.78 Å². The molecule has 3 rings (SSSR count). The molecule has 3 aromatic carbocycles. The molecule has 10 heteroatoms. The molecule has 0 aliphatic heterocycles. The molecule has 2 unspecified atom stereocenters. The number of carbonyl (C=O) groups excluding carboxylic acids is 2. The number of aliphatic carboxylic acids is 1. The van der Waals surface area contributed by atoms with Crippen LogP contribution in [-0.4, -0.2) is 46.6 Å². The Kier molecular flexibility index (Phi) is 13.5. The first-order valence-electron chi connectivity index (χ1n) is 13.7. The van der Waals surface area contributed by atoms with Gasteiger partial charge in [-0.15, -0.1) is 0 Å². The number of nitrogens with one attached hydrogen (secondary N) is 1. The maximum absolute atomic E-state index is 14.0. The molecule has 0 aliphatic carbocycles. The average molecular weight is 606 g/mol. The van der Waals surface area contributed by atoms with Gasteiger partial charge in [0.2, 0.25) is 0 Å². The fourth-order valence-corrected chi connectivity index (χ4v) is 5.14. The SMILES string of the molecule is CSCCC(NC(=O)c1ccc(CC(Cc2cc(F)cc(F)c2)C(=O)OC(C)(C)C)cc1-c1ccccc1C)C(=O)O.[H-].[Li+]. The van der Waals surface area contributed by atoms with E-state index in [0.29, 0.717) is 28.0 Å². The monoisotopic (exact) mass is 605 g/mol. The van der Waals surface area contributed by atoms with Crippen LogP contribution in [0.1, 0.15) is 55.7 Å². The first kappa shape index (κ1) is 36.1. The van der Waals surface area contributed by atoms with Crippen molar-refractivity contribution in [1.82, 2.24) is 5.32 Å². The van der Waals surface area contributed by atoms with Crippen molar-refractivity contribution >= 4 is 29.6 Å². The van der Waals surface area contributed by atoms with E-state index in [1.54, 1.807) is 39.0 Å². The van der Waals surface area contributed by atoms with E-state index in [0.717, 1.165) is 17.2 Å². The Balaban J connectivity index is 0.00000484. The Hall–Kier alpha value is -3.12. The third-order valence-corrected chi connectivity index (χ3v) is 7.25. The summed E-state index contributed by atoms with van der Waals surface area (Å²) in [4.78, 5) is 38.5. The topological polar surface area (TPSA) is 92.7 Å². The van der Waals surface area contributed by atoms with Gasteiger partial charge in [0.25, 0.3) is 5.91 Å². The summed E-state index contributed by atoms with van der Waals surface area (Å²) in [6, 6.07) is 14.8. The zero-order chi connectivity index (χ0) is 31.0. The van der Waals surface area contributed by atoms with Gasteiger partial charge in [0.15, 0.2) is 0 Å². The summed E-state index contributed by atoms with van der Waals surface area (Å²) in [5.74, 6) is -3.80. The van der Waals surface area contributed by atoms with E-state index in [9.17, 15) is 28.3 Å². The van der Waals surface area contributed by atoms with Crippen LogP contribution in [0.2, 0.25) is 0 Å². The second-order valence-electron chi connectivity index (χ2n) is 11.3. The molecule has 43 heavy (non-hydrogen) atoms. The number of hydrogen-bond acceptors (Lipinski definition) is 5. The zero-order valence-corrected chi connectivity index (χ0v) is 26.3. The third-order valence-electron chi connectivity index (χ3n) is 6.60. The third kappa shape index (κ3) is 10.8. The van der Waals surface area contributed by atoms with E-state index in [-0.39, 0.29) is 39.5 Å². The summed E-state index contributed by atoms with van der Waals surface area (Å²) in [5, 5.41) is 12.3. The summed E-state index contributed by atoms with van der Waals surface area (Å²) in [7, 11) is 0. The smallest absolute Gasteiger partial charge is 1.00 e. The normalized spacial score (nSPS) is 12.5. The number of thioether (sulfide) groups is 1. The Morgan fingerprint density at radius 3 is 2.16 bits per heavy atom. The zero-order valence-electron chi connectivity index (χ0n) is 26.5. The minimum absolute atomic E-state index is 0. The fourth-order valence-electron chi connectivity index (χ4n) is 4.67. The Bertz CT molecular complexity index is 1430. The van der Waals surface area contributed by atoms with Crippen LogP contribution in [0.3, 0.4) is 0 Å². The van der Waals surface area contributed by atoms with Gasteiger partial charge in [-0.2, -0.15) is 11.8 Å². The van der Waals surface area contributed by atoms with Crippen molar-refractivity contribution < 1.29 is 53.3 Å². The van der Waals surface area contributed by atoms with Crippen LogP contribution >= 0.6 is 11.8 Å². The molecule has 2 atom stereocenters. The van der Waals surface area contributed by atoms with E-state index in [2.05, 4.69) is 5.32 Å². The van der Waals surface area contributed by atoms with E-state index in [1.807, 2.05) is 37.4 Å². The van der Waals surface area contributed by atoms with Gasteiger partial charge >= 0.3 is 30.8 Å². The van der Waals surface area contributed by atoms with Gasteiger partial charge in [0, 0.05) is 11.6 Å². The summed E-state index contributed by atoms with van der Waals surface area (Å²) >= 11 is 1.49. The summed E-state index contributed by atoms with van der Waals surface area (Å²) in [6.45, 7) is 7.15. The summed E-state index contributed by atoms with van der Waals surface area (Å²) in [5.41, 5.74) is 2.81. The van der Waals surface area contributed by atoms with Crippen LogP contribution in [0.15, 0.2) is 60.7 Å². The molecule has 6 nitrogen and oxygen atoms in total. The maximum atomic E-state index is 14.0. The predicted molar refractivity (Wildman–Crippen MR) is 163 cm³/mol. The van der Waals surface area contributed by atoms with Gasteiger partial charge < -0.3 is 16.6 Å². The Labute approximate surface area is 269 Å². The number of amides is 1. The molecular formula is C33H38F2LiNO5S. The molecule has 0 heterocycles. The Morgan fingerprint density at radius 2 is 1.58 bits per heavy atom. The van der Waals surface area contributed by atoms with Gasteiger partial charge in [-0.05, 0) is 105 Å². The number of carboxylic acids is 1. The van der Waals surface area contributed by atoms with Gasteiger partial charge in [-0.3, -0.25) is 9.59 Å². The van der Waals surface area contributed by atoms with Crippen molar-refractivity contribution in [2.24, 2.45) is 5.92 Å². The largest absolute Gasteiger partial charge is 1.00 e. The number of ether oxygens (including phenoxy) is 1. The molecular weight excluding hydrogens is 567 g/mol. The van der Waals surface area contributed by atoms with Crippen molar-refractivity contribution in [3.05, 3.63) is 94.6 Å². The standard InChI is InChI=1S/C33H37F2NO5S.Li.H/c1-20-8-6-7-9-26(20)28-18-21(10-11-27(28)30(37)36-29(31(38)39)12-13-42-5)14-23(32(40)41-33(2,3)4)15-22-16-24(34)19-25(35)17-22;;/h6-11,16-19,23,29H,12-15H2,1-5H3,(H,36,37)(H,38,39);;/q;+1;-1. The molecule has 0 aromatic heterocycles. The molecule has 0 fully saturated rings. The second kappa shape index (κ2) is 16.1. The number of rotatable bonds is 12. The van der Waals surface area contributed by atoms with Crippen molar-refractivity contribution in [3.63, 3.8) is 0 Å². The van der Waals surface area contributed by atoms with Crippen LogP contribution < -0.4 is 24.2 Å². The maximum Gasteiger partial charge on any atom is 1.00 e. The van der Waals surface area contributed by atoms with Crippen LogP contribution in [0.5, 0.6) is 0 Å². The molecule has 226 valence electrons. The van der Waals surface area contributed by atoms with Crippen LogP contribution in [0, 0.1) is 24.5 Å². The molecule has 0 bridgehead atoms. The number of hydrogen-bond donors (Lipinski definition) is 2. The Morgan fingerprint density at radius 1 is 0.953 bits per heavy atom. The number of benzene rings is 3. The van der Waals surface area contributed by atoms with E-state index in [4.69, 9.17) is 4.74 Å². The van der Waals surface area contributed by atoms with Crippen molar-refractivity contribution in [3.8, 4) is 11.1 Å². The molecule has 1 amide bonds. The van der Waals surface area contributed by atoms with Crippen molar-refractivity contribution in [2.75, 3.05) is 12.0 Å². The molecule has 0 aliphatic rings. The van der Waals surface area contributed by atoms with Crippen LogP contribution in [-0.2, 0) is 27.2 Å². The average Bonchev–Trinajstić information content (AvgIpc) is 2.89. The van der Waals surface area contributed by atoms with Gasteiger partial charge in [0.05, 0.1) is 5.92 Å². The first-order valence-corrected chi connectivity index (χ1v) is 15.1. The number of carboxylic acid groups (broad SMARTS) is 1. The van der Waals surface area contributed by atoms with Crippen molar-refractivity contribution in [1.29, 1.82) is 0 Å².